The molecule has 0 amide bonds. The molecule has 0 saturated carbocycles. The lowest BCUT2D eigenvalue weighted by molar-refractivity contribution is -0.211. The summed E-state index contributed by atoms with van der Waals surface area (Å²) in [6.07, 6.45) is 10.7. The highest BCUT2D eigenvalue weighted by molar-refractivity contribution is 5.89. The number of rotatable bonds is 9. The van der Waals surface area contributed by atoms with E-state index in [0.717, 1.165) is 25.8 Å². The van der Waals surface area contributed by atoms with Crippen LogP contribution in [0.25, 0.3) is 0 Å². The molecule has 0 aromatic carbocycles. The fourth-order valence-electron chi connectivity index (χ4n) is 4.44. The molecule has 0 radical (unpaired) electrons. The van der Waals surface area contributed by atoms with Gasteiger partial charge in [-0.2, -0.15) is 0 Å². The van der Waals surface area contributed by atoms with Crippen LogP contribution < -0.4 is 5.32 Å². The summed E-state index contributed by atoms with van der Waals surface area (Å²) in [5.74, 6) is 0.781. The number of hydrogen-bond acceptors (Lipinski definition) is 4. The fraction of sp³-hybridized carbons (Fsp3) is 0.944. The van der Waals surface area contributed by atoms with Gasteiger partial charge in [-0.05, 0) is 51.7 Å². The van der Waals surface area contributed by atoms with Crippen molar-refractivity contribution in [1.29, 1.82) is 0 Å². The zero-order chi connectivity index (χ0) is 15.4. The molecule has 2 bridgehead atoms. The molecular weight excluding hydrogens is 276 g/mol. The molecule has 0 aliphatic carbocycles. The predicted molar refractivity (Wildman–Crippen MR) is 87.8 cm³/mol. The van der Waals surface area contributed by atoms with Crippen LogP contribution in [0.2, 0.25) is 0 Å². The minimum atomic E-state index is -0.451. The lowest BCUT2D eigenvalue weighted by atomic mass is 9.77. The second-order valence-corrected chi connectivity index (χ2v) is 7.34. The highest BCUT2D eigenvalue weighted by atomic mass is 16.6. The number of carbonyl (C=O) groups excluding carboxylic acids is 1. The van der Waals surface area contributed by atoms with Crippen molar-refractivity contribution < 1.29 is 9.53 Å². The number of nitrogens with one attached hydrogen (secondary N) is 1. The molecule has 0 aromatic heterocycles. The number of ketones is 1. The van der Waals surface area contributed by atoms with Gasteiger partial charge in [-0.15, -0.1) is 0 Å². The first-order chi connectivity index (χ1) is 10.8. The summed E-state index contributed by atoms with van der Waals surface area (Å²) >= 11 is 0. The van der Waals surface area contributed by atoms with Crippen molar-refractivity contribution in [3.8, 4) is 0 Å². The third kappa shape index (κ3) is 3.24. The molecule has 4 aliphatic heterocycles. The molecular formula is C18H32N2O2. The second-order valence-electron chi connectivity index (χ2n) is 7.34. The summed E-state index contributed by atoms with van der Waals surface area (Å²) in [6, 6.07) is 0. The van der Waals surface area contributed by atoms with E-state index in [-0.39, 0.29) is 6.23 Å². The van der Waals surface area contributed by atoms with E-state index >= 15 is 0 Å². The smallest absolute Gasteiger partial charge is 0.166 e. The van der Waals surface area contributed by atoms with Crippen LogP contribution in [-0.2, 0) is 9.53 Å². The number of piperidine rings is 1. The monoisotopic (exact) mass is 308 g/mol. The van der Waals surface area contributed by atoms with Crippen LogP contribution in [0.4, 0.5) is 0 Å². The predicted octanol–water partition coefficient (Wildman–Crippen LogP) is 2.72. The molecule has 4 rings (SSSR count). The third-order valence-electron chi connectivity index (χ3n) is 5.77. The Labute approximate surface area is 135 Å². The van der Waals surface area contributed by atoms with E-state index in [1.54, 1.807) is 0 Å². The van der Waals surface area contributed by atoms with E-state index in [0.29, 0.717) is 18.1 Å². The maximum Gasteiger partial charge on any atom is 0.166 e. The zero-order valence-corrected chi connectivity index (χ0v) is 14.1. The molecule has 126 valence electrons. The van der Waals surface area contributed by atoms with Gasteiger partial charge in [0, 0.05) is 18.9 Å². The van der Waals surface area contributed by atoms with Crippen molar-refractivity contribution in [2.45, 2.75) is 76.5 Å². The normalized spacial score (nSPS) is 34.6. The molecule has 0 spiro atoms. The van der Waals surface area contributed by atoms with E-state index in [2.05, 4.69) is 17.1 Å². The van der Waals surface area contributed by atoms with Crippen molar-refractivity contribution in [1.82, 2.24) is 10.2 Å². The number of unbranched alkanes of at least 4 members (excludes halogenated alkanes) is 2. The minimum Gasteiger partial charge on any atom is -0.347 e. The molecule has 3 atom stereocenters. The Bertz CT molecular complexity index is 377. The van der Waals surface area contributed by atoms with Gasteiger partial charge in [0.2, 0.25) is 0 Å². The molecule has 4 fully saturated rings. The maximum absolute atomic E-state index is 12.6. The fourth-order valence-corrected chi connectivity index (χ4v) is 4.44. The van der Waals surface area contributed by atoms with Gasteiger partial charge in [-0.25, -0.2) is 0 Å². The first-order valence-corrected chi connectivity index (χ1v) is 9.43. The molecule has 22 heavy (non-hydrogen) atoms. The van der Waals surface area contributed by atoms with Crippen LogP contribution in [0.3, 0.4) is 0 Å². The lowest BCUT2D eigenvalue weighted by Crippen LogP contribution is -2.59. The molecule has 4 heterocycles. The summed E-state index contributed by atoms with van der Waals surface area (Å²) in [7, 11) is 0. The Balaban J connectivity index is 1.32. The number of Topliss-reactive ketones (excluding diaryl/α,β-unsaturated/α-hetero) is 1. The summed E-state index contributed by atoms with van der Waals surface area (Å²) in [5, 5.41) is 3.35. The Morgan fingerprint density at radius 2 is 2.05 bits per heavy atom. The van der Waals surface area contributed by atoms with Gasteiger partial charge in [-0.3, -0.25) is 10.1 Å². The Kier molecular flexibility index (Phi) is 5.53. The molecule has 4 aliphatic rings. The number of fused-ring (bicyclic) bond motifs is 1. The number of likely N-dealkylation sites (tertiary alicyclic amines) is 1. The SMILES string of the molecule is CCC[C@H]1C2NCC1(C(=O)CCCCCN1CCCCC1)O2. The largest absolute Gasteiger partial charge is 0.347 e. The topological polar surface area (TPSA) is 41.6 Å². The van der Waals surface area contributed by atoms with Crippen LogP contribution in [-0.4, -0.2) is 48.7 Å². The summed E-state index contributed by atoms with van der Waals surface area (Å²) in [6.45, 7) is 6.71. The van der Waals surface area contributed by atoms with Gasteiger partial charge in [-0.1, -0.05) is 26.2 Å². The van der Waals surface area contributed by atoms with Gasteiger partial charge in [0.1, 0.15) is 11.8 Å². The molecule has 4 nitrogen and oxygen atoms in total. The van der Waals surface area contributed by atoms with Crippen molar-refractivity contribution in [2.75, 3.05) is 26.2 Å². The van der Waals surface area contributed by atoms with Crippen LogP contribution in [0, 0.1) is 5.92 Å². The van der Waals surface area contributed by atoms with E-state index in [4.69, 9.17) is 4.74 Å². The number of carbonyl (C=O) groups is 1. The molecule has 4 saturated heterocycles. The van der Waals surface area contributed by atoms with E-state index in [9.17, 15) is 4.79 Å². The van der Waals surface area contributed by atoms with Crippen LogP contribution >= 0.6 is 0 Å². The number of hydrogen-bond donors (Lipinski definition) is 1. The first kappa shape index (κ1) is 16.4. The van der Waals surface area contributed by atoms with Crippen LogP contribution in [0.5, 0.6) is 0 Å². The van der Waals surface area contributed by atoms with Gasteiger partial charge < -0.3 is 9.64 Å². The number of nitrogens with zero attached hydrogens (tertiary/aromatic N) is 1. The molecule has 2 unspecified atom stereocenters. The highest BCUT2D eigenvalue weighted by Gasteiger charge is 2.64. The Morgan fingerprint density at radius 1 is 1.23 bits per heavy atom. The summed E-state index contributed by atoms with van der Waals surface area (Å²) < 4.78 is 5.85. The molecule has 4 heteroatoms. The van der Waals surface area contributed by atoms with Gasteiger partial charge in [0.15, 0.2) is 5.78 Å². The second kappa shape index (κ2) is 7.41. The van der Waals surface area contributed by atoms with Crippen LogP contribution in [0.1, 0.15) is 64.7 Å². The van der Waals surface area contributed by atoms with Crippen LogP contribution in [0.15, 0.2) is 0 Å². The maximum atomic E-state index is 12.6. The average Bonchev–Trinajstić information content (AvgIpc) is 3.13. The molecule has 1 N–H and O–H groups in total. The average molecular weight is 308 g/mol. The third-order valence-corrected chi connectivity index (χ3v) is 5.77. The number of ether oxygens (including phenoxy) is 1. The quantitative estimate of drug-likeness (QED) is 0.665. The Hall–Kier alpha value is -0.450. The van der Waals surface area contributed by atoms with E-state index in [1.807, 2.05) is 0 Å². The standard InChI is InChI=1S/C18H32N2O2/c1-2-9-15-17-19-14-18(15,22-17)16(21)10-5-3-6-11-20-12-7-4-8-13-20/h15,17,19H,2-14H2,1H3/t15-,17?,18?/m0/s1. The van der Waals surface area contributed by atoms with Crippen molar-refractivity contribution >= 4 is 5.78 Å². The van der Waals surface area contributed by atoms with Crippen molar-refractivity contribution in [3.05, 3.63) is 0 Å². The summed E-state index contributed by atoms with van der Waals surface area (Å²) in [5.41, 5.74) is -0.451. The van der Waals surface area contributed by atoms with Crippen molar-refractivity contribution in [2.24, 2.45) is 5.92 Å². The van der Waals surface area contributed by atoms with E-state index in [1.165, 1.54) is 51.7 Å². The minimum absolute atomic E-state index is 0.156. The lowest BCUT2D eigenvalue weighted by Gasteiger charge is -2.45. The zero-order valence-electron chi connectivity index (χ0n) is 14.1. The molecule has 0 aromatic rings. The Morgan fingerprint density at radius 3 is 2.77 bits per heavy atom. The summed E-state index contributed by atoms with van der Waals surface area (Å²) in [4.78, 5) is 15.2. The van der Waals surface area contributed by atoms with Crippen molar-refractivity contribution in [3.63, 3.8) is 0 Å². The van der Waals surface area contributed by atoms with Gasteiger partial charge >= 0.3 is 0 Å². The first-order valence-electron chi connectivity index (χ1n) is 9.43. The van der Waals surface area contributed by atoms with E-state index < -0.39 is 5.60 Å². The van der Waals surface area contributed by atoms with Gasteiger partial charge in [0.05, 0.1) is 0 Å². The highest BCUT2D eigenvalue weighted by Crippen LogP contribution is 2.47. The van der Waals surface area contributed by atoms with Gasteiger partial charge in [0.25, 0.3) is 0 Å².